The summed E-state index contributed by atoms with van der Waals surface area (Å²) in [5, 5.41) is 7.52. The number of nitrogens with one attached hydrogen (secondary N) is 1. The number of hydrogen-bond donors (Lipinski definition) is 1. The van der Waals surface area contributed by atoms with Crippen LogP contribution in [-0.2, 0) is 4.79 Å². The van der Waals surface area contributed by atoms with Gasteiger partial charge in [0.1, 0.15) is 6.54 Å². The highest BCUT2D eigenvalue weighted by Crippen LogP contribution is 2.07. The Labute approximate surface area is 66.3 Å². The second-order valence-electron chi connectivity index (χ2n) is 2.48. The summed E-state index contributed by atoms with van der Waals surface area (Å²) < 4.78 is 0. The number of carbonyl (C=O) groups excluding carboxylic acids is 1. The molecule has 1 aliphatic heterocycles. The van der Waals surface area contributed by atoms with E-state index in [-0.39, 0.29) is 5.91 Å². The number of guanidine groups is 1. The summed E-state index contributed by atoms with van der Waals surface area (Å²) in [7, 11) is 0. The first-order chi connectivity index (χ1) is 5.20. The van der Waals surface area contributed by atoms with Crippen LogP contribution >= 0.6 is 0 Å². The second kappa shape index (κ2) is 2.90. The lowest BCUT2D eigenvalue weighted by Gasteiger charge is -2.16. The zero-order chi connectivity index (χ0) is 8.43. The third kappa shape index (κ3) is 1.20. The van der Waals surface area contributed by atoms with E-state index in [9.17, 15) is 4.79 Å². The lowest BCUT2D eigenvalue weighted by atomic mass is 10.5. The molecule has 4 heteroatoms. The molecule has 0 aromatic heterocycles. The van der Waals surface area contributed by atoms with Crippen LogP contribution in [0.1, 0.15) is 13.8 Å². The van der Waals surface area contributed by atoms with Gasteiger partial charge in [0.15, 0.2) is 0 Å². The topological polar surface area (TPSA) is 47.4 Å². The summed E-state index contributed by atoms with van der Waals surface area (Å²) in [6, 6.07) is 0. The minimum absolute atomic E-state index is 0.0411. The van der Waals surface area contributed by atoms with Crippen LogP contribution < -0.4 is 0 Å². The molecule has 0 saturated carbocycles. The molecule has 0 aliphatic carbocycles. The second-order valence-corrected chi connectivity index (χ2v) is 2.48. The Morgan fingerprint density at radius 2 is 2.09 bits per heavy atom. The van der Waals surface area contributed by atoms with Crippen molar-refractivity contribution >= 4 is 11.9 Å². The third-order valence-corrected chi connectivity index (χ3v) is 1.88. The predicted octanol–water partition coefficient (Wildman–Crippen LogP) is 0.105. The smallest absolute Gasteiger partial charge is 0.248 e. The van der Waals surface area contributed by atoms with Gasteiger partial charge >= 0.3 is 0 Å². The SMILES string of the molecule is CCN1CC(=O)N(CC)C1=N. The zero-order valence-electron chi connectivity index (χ0n) is 6.92. The van der Waals surface area contributed by atoms with E-state index in [4.69, 9.17) is 5.41 Å². The molecule has 1 rings (SSSR count). The first-order valence-corrected chi connectivity index (χ1v) is 3.84. The molecule has 0 bridgehead atoms. The van der Waals surface area contributed by atoms with Gasteiger partial charge in [-0.3, -0.25) is 15.1 Å². The average Bonchev–Trinajstić information content (AvgIpc) is 2.26. The molecule has 0 spiro atoms. The van der Waals surface area contributed by atoms with Gasteiger partial charge in [0.25, 0.3) is 0 Å². The van der Waals surface area contributed by atoms with Crippen LogP contribution in [0.2, 0.25) is 0 Å². The Bertz CT molecular complexity index is 190. The fourth-order valence-electron chi connectivity index (χ4n) is 1.20. The van der Waals surface area contributed by atoms with E-state index >= 15 is 0 Å². The molecule has 62 valence electrons. The number of likely N-dealkylation sites (N-methyl/N-ethyl adjacent to an activating group) is 2. The molecule has 1 N–H and O–H groups in total. The van der Waals surface area contributed by atoms with Crippen LogP contribution in [-0.4, -0.2) is 41.3 Å². The maximum Gasteiger partial charge on any atom is 0.248 e. The summed E-state index contributed by atoms with van der Waals surface area (Å²) in [4.78, 5) is 14.4. The predicted molar refractivity (Wildman–Crippen MR) is 42.4 cm³/mol. The first-order valence-electron chi connectivity index (χ1n) is 3.84. The van der Waals surface area contributed by atoms with E-state index in [1.165, 1.54) is 4.90 Å². The maximum atomic E-state index is 11.1. The van der Waals surface area contributed by atoms with Crippen LogP contribution in [0.15, 0.2) is 0 Å². The molecule has 1 heterocycles. The van der Waals surface area contributed by atoms with E-state index in [1.807, 2.05) is 13.8 Å². The fraction of sp³-hybridized carbons (Fsp3) is 0.714. The van der Waals surface area contributed by atoms with Crippen molar-refractivity contribution in [3.05, 3.63) is 0 Å². The van der Waals surface area contributed by atoms with E-state index in [0.717, 1.165) is 6.54 Å². The molecule has 11 heavy (non-hydrogen) atoms. The number of carbonyl (C=O) groups is 1. The Balaban J connectivity index is 2.71. The number of rotatable bonds is 2. The molecule has 0 radical (unpaired) electrons. The van der Waals surface area contributed by atoms with E-state index in [2.05, 4.69) is 0 Å². The Morgan fingerprint density at radius 1 is 1.45 bits per heavy atom. The summed E-state index contributed by atoms with van der Waals surface area (Å²) in [6.45, 7) is 5.55. The Morgan fingerprint density at radius 3 is 2.36 bits per heavy atom. The lowest BCUT2D eigenvalue weighted by Crippen LogP contribution is -2.33. The summed E-state index contributed by atoms with van der Waals surface area (Å²) in [6.07, 6.45) is 0. The van der Waals surface area contributed by atoms with Crippen LogP contribution in [0.3, 0.4) is 0 Å². The number of nitrogens with zero attached hydrogens (tertiary/aromatic N) is 2. The van der Waals surface area contributed by atoms with Crippen molar-refractivity contribution < 1.29 is 4.79 Å². The molecule has 1 aliphatic rings. The van der Waals surface area contributed by atoms with E-state index in [0.29, 0.717) is 19.0 Å². The molecule has 1 fully saturated rings. The zero-order valence-corrected chi connectivity index (χ0v) is 6.92. The summed E-state index contributed by atoms with van der Waals surface area (Å²) >= 11 is 0. The minimum atomic E-state index is 0.0411. The monoisotopic (exact) mass is 155 g/mol. The van der Waals surface area contributed by atoms with Crippen molar-refractivity contribution in [2.45, 2.75) is 13.8 Å². The summed E-state index contributed by atoms with van der Waals surface area (Å²) in [5.74, 6) is 0.388. The molecule has 4 nitrogen and oxygen atoms in total. The Kier molecular flexibility index (Phi) is 2.12. The number of amides is 1. The first kappa shape index (κ1) is 8.04. The highest BCUT2D eigenvalue weighted by atomic mass is 16.2. The van der Waals surface area contributed by atoms with Gasteiger partial charge in [0.2, 0.25) is 11.9 Å². The minimum Gasteiger partial charge on any atom is -0.334 e. The van der Waals surface area contributed by atoms with Crippen LogP contribution in [0.25, 0.3) is 0 Å². The van der Waals surface area contributed by atoms with Crippen LogP contribution in [0.4, 0.5) is 0 Å². The van der Waals surface area contributed by atoms with Gasteiger partial charge in [-0.25, -0.2) is 0 Å². The van der Waals surface area contributed by atoms with E-state index in [1.54, 1.807) is 4.90 Å². The standard InChI is InChI=1S/C7H13N3O/c1-3-9-5-6(11)10(4-2)7(9)8/h8H,3-5H2,1-2H3. The van der Waals surface area contributed by atoms with E-state index < -0.39 is 0 Å². The van der Waals surface area contributed by atoms with Crippen LogP contribution in [0, 0.1) is 5.41 Å². The Hall–Kier alpha value is -1.06. The average molecular weight is 155 g/mol. The molecule has 0 atom stereocenters. The van der Waals surface area contributed by atoms with Gasteiger partial charge in [-0.2, -0.15) is 0 Å². The fourth-order valence-corrected chi connectivity index (χ4v) is 1.20. The lowest BCUT2D eigenvalue weighted by molar-refractivity contribution is -0.124. The van der Waals surface area contributed by atoms with Gasteiger partial charge in [-0.05, 0) is 13.8 Å². The van der Waals surface area contributed by atoms with Crippen molar-refractivity contribution in [3.8, 4) is 0 Å². The van der Waals surface area contributed by atoms with Gasteiger partial charge < -0.3 is 4.90 Å². The van der Waals surface area contributed by atoms with Crippen LogP contribution in [0.5, 0.6) is 0 Å². The quantitative estimate of drug-likeness (QED) is 0.615. The maximum absolute atomic E-state index is 11.1. The molecule has 0 aromatic rings. The number of hydrogen-bond acceptors (Lipinski definition) is 2. The highest BCUT2D eigenvalue weighted by Gasteiger charge is 2.29. The normalized spacial score (nSPS) is 18.4. The van der Waals surface area contributed by atoms with Crippen molar-refractivity contribution in [2.75, 3.05) is 19.6 Å². The van der Waals surface area contributed by atoms with Crippen molar-refractivity contribution in [3.63, 3.8) is 0 Å². The molecule has 0 aromatic carbocycles. The molecule has 0 unspecified atom stereocenters. The summed E-state index contributed by atoms with van der Waals surface area (Å²) in [5.41, 5.74) is 0. The highest BCUT2D eigenvalue weighted by molar-refractivity contribution is 6.02. The molecule has 1 saturated heterocycles. The van der Waals surface area contributed by atoms with Gasteiger partial charge in [0.05, 0.1) is 0 Å². The van der Waals surface area contributed by atoms with Crippen molar-refractivity contribution in [1.29, 1.82) is 5.41 Å². The molecular weight excluding hydrogens is 142 g/mol. The van der Waals surface area contributed by atoms with Gasteiger partial charge in [-0.1, -0.05) is 0 Å². The molecule has 1 amide bonds. The third-order valence-electron chi connectivity index (χ3n) is 1.88. The van der Waals surface area contributed by atoms with Crippen molar-refractivity contribution in [1.82, 2.24) is 9.80 Å². The van der Waals surface area contributed by atoms with Crippen molar-refractivity contribution in [2.24, 2.45) is 0 Å². The van der Waals surface area contributed by atoms with Gasteiger partial charge in [-0.15, -0.1) is 0 Å². The molecular formula is C7H13N3O. The largest absolute Gasteiger partial charge is 0.334 e. The van der Waals surface area contributed by atoms with Gasteiger partial charge in [0, 0.05) is 13.1 Å².